The molecule has 124 valence electrons. The Morgan fingerprint density at radius 3 is 2.64 bits per heavy atom. The number of benzene rings is 2. The maximum Gasteiger partial charge on any atom is 0.168 e. The highest BCUT2D eigenvalue weighted by Crippen LogP contribution is 2.23. The van der Waals surface area contributed by atoms with Crippen LogP contribution in [0, 0.1) is 12.7 Å². The van der Waals surface area contributed by atoms with Crippen LogP contribution < -0.4 is 5.32 Å². The van der Waals surface area contributed by atoms with Crippen molar-refractivity contribution in [1.82, 2.24) is 19.7 Å². The maximum atomic E-state index is 13.0. The third-order valence-corrected chi connectivity index (χ3v) is 4.08. The Bertz CT molecular complexity index is 1020. The molecular weight excluding hydrogens is 317 g/mol. The van der Waals surface area contributed by atoms with E-state index in [1.807, 2.05) is 35.9 Å². The highest BCUT2D eigenvalue weighted by molar-refractivity contribution is 5.87. The highest BCUT2D eigenvalue weighted by atomic mass is 19.1. The summed E-state index contributed by atoms with van der Waals surface area (Å²) in [4.78, 5) is 8.70. The number of rotatable bonds is 4. The maximum absolute atomic E-state index is 13.0. The fourth-order valence-electron chi connectivity index (χ4n) is 2.75. The Balaban J connectivity index is 1.67. The van der Waals surface area contributed by atoms with Gasteiger partial charge in [-0.2, -0.15) is 5.10 Å². The summed E-state index contributed by atoms with van der Waals surface area (Å²) in [5.41, 5.74) is 3.82. The van der Waals surface area contributed by atoms with Crippen molar-refractivity contribution >= 4 is 16.9 Å². The molecule has 0 aliphatic rings. The molecule has 2 heterocycles. The second-order valence-electron chi connectivity index (χ2n) is 5.78. The van der Waals surface area contributed by atoms with Crippen LogP contribution in [-0.2, 0) is 6.54 Å². The van der Waals surface area contributed by atoms with Gasteiger partial charge in [-0.05, 0) is 36.2 Å². The first-order chi connectivity index (χ1) is 12.2. The first-order valence-electron chi connectivity index (χ1n) is 7.95. The lowest BCUT2D eigenvalue weighted by Crippen LogP contribution is -2.03. The monoisotopic (exact) mass is 333 g/mol. The number of nitrogens with one attached hydrogen (secondary N) is 1. The van der Waals surface area contributed by atoms with E-state index in [1.54, 1.807) is 18.3 Å². The Hall–Kier alpha value is -3.28. The Labute approximate surface area is 144 Å². The average molecular weight is 333 g/mol. The van der Waals surface area contributed by atoms with Crippen molar-refractivity contribution in [3.63, 3.8) is 0 Å². The van der Waals surface area contributed by atoms with Gasteiger partial charge in [-0.1, -0.05) is 30.3 Å². The third-order valence-electron chi connectivity index (χ3n) is 4.08. The topological polar surface area (TPSA) is 55.6 Å². The minimum absolute atomic E-state index is 0.243. The van der Waals surface area contributed by atoms with E-state index >= 15 is 0 Å². The predicted molar refractivity (Wildman–Crippen MR) is 95.1 cm³/mol. The second kappa shape index (κ2) is 6.32. The summed E-state index contributed by atoms with van der Waals surface area (Å²) >= 11 is 0. The van der Waals surface area contributed by atoms with Crippen molar-refractivity contribution in [2.45, 2.75) is 13.5 Å². The van der Waals surface area contributed by atoms with Crippen molar-refractivity contribution in [3.8, 4) is 5.69 Å². The van der Waals surface area contributed by atoms with Gasteiger partial charge in [0, 0.05) is 6.54 Å². The van der Waals surface area contributed by atoms with Gasteiger partial charge in [-0.25, -0.2) is 19.0 Å². The van der Waals surface area contributed by atoms with Crippen LogP contribution in [-0.4, -0.2) is 19.7 Å². The summed E-state index contributed by atoms with van der Waals surface area (Å²) in [5.74, 6) is 0.460. The fraction of sp³-hybridized carbons (Fsp3) is 0.105. The van der Waals surface area contributed by atoms with Crippen LogP contribution in [0.4, 0.5) is 10.2 Å². The number of aromatic nitrogens is 4. The van der Waals surface area contributed by atoms with E-state index in [1.165, 1.54) is 18.5 Å². The molecule has 2 aromatic heterocycles. The molecule has 0 aliphatic carbocycles. The van der Waals surface area contributed by atoms with E-state index in [0.717, 1.165) is 27.8 Å². The molecular formula is C19H16FN5. The van der Waals surface area contributed by atoms with Crippen molar-refractivity contribution in [2.75, 3.05) is 5.32 Å². The second-order valence-corrected chi connectivity index (χ2v) is 5.78. The van der Waals surface area contributed by atoms with Crippen LogP contribution in [0.15, 0.2) is 61.1 Å². The molecule has 4 rings (SSSR count). The number of anilines is 1. The van der Waals surface area contributed by atoms with Crippen molar-refractivity contribution in [2.24, 2.45) is 0 Å². The van der Waals surface area contributed by atoms with Crippen LogP contribution in [0.25, 0.3) is 16.7 Å². The number of hydrogen-bond donors (Lipinski definition) is 1. The summed E-state index contributed by atoms with van der Waals surface area (Å²) in [7, 11) is 0. The van der Waals surface area contributed by atoms with Crippen LogP contribution >= 0.6 is 0 Å². The zero-order valence-electron chi connectivity index (χ0n) is 13.6. The number of nitrogens with zero attached hydrogens (tertiary/aromatic N) is 4. The molecule has 4 aromatic rings. The van der Waals surface area contributed by atoms with Crippen molar-refractivity contribution in [3.05, 3.63) is 78.0 Å². The van der Waals surface area contributed by atoms with Gasteiger partial charge in [0.25, 0.3) is 0 Å². The van der Waals surface area contributed by atoms with Crippen LogP contribution in [0.5, 0.6) is 0 Å². The van der Waals surface area contributed by atoms with Crippen LogP contribution in [0.1, 0.15) is 11.1 Å². The third kappa shape index (κ3) is 2.94. The molecule has 5 nitrogen and oxygen atoms in total. The van der Waals surface area contributed by atoms with Gasteiger partial charge in [0.1, 0.15) is 18.0 Å². The first kappa shape index (κ1) is 15.3. The molecule has 0 spiro atoms. The molecule has 0 amide bonds. The molecule has 0 saturated carbocycles. The Morgan fingerprint density at radius 2 is 1.84 bits per heavy atom. The molecule has 6 heteroatoms. The lowest BCUT2D eigenvalue weighted by molar-refractivity contribution is 0.627. The average Bonchev–Trinajstić information content (AvgIpc) is 3.06. The lowest BCUT2D eigenvalue weighted by Gasteiger charge is -2.08. The smallest absolute Gasteiger partial charge is 0.168 e. The zero-order valence-corrected chi connectivity index (χ0v) is 13.6. The molecule has 0 fully saturated rings. The summed E-state index contributed by atoms with van der Waals surface area (Å²) < 4.78 is 14.8. The molecule has 0 unspecified atom stereocenters. The summed E-state index contributed by atoms with van der Waals surface area (Å²) in [6.45, 7) is 2.58. The van der Waals surface area contributed by atoms with Crippen LogP contribution in [0.2, 0.25) is 0 Å². The Kier molecular flexibility index (Phi) is 3.85. The molecule has 0 saturated heterocycles. The number of halogens is 1. The normalized spacial score (nSPS) is 11.0. The van der Waals surface area contributed by atoms with Crippen molar-refractivity contribution < 1.29 is 4.39 Å². The lowest BCUT2D eigenvalue weighted by atomic mass is 10.2. The molecule has 0 bridgehead atoms. The SMILES string of the molecule is Cc1ccccc1-n1ncc2c(NCc3ccc(F)cc3)ncnc21. The minimum atomic E-state index is -0.243. The number of hydrogen-bond acceptors (Lipinski definition) is 4. The molecule has 25 heavy (non-hydrogen) atoms. The summed E-state index contributed by atoms with van der Waals surface area (Å²) in [6, 6.07) is 14.4. The molecule has 0 radical (unpaired) electrons. The van der Waals surface area contributed by atoms with Gasteiger partial charge in [-0.3, -0.25) is 0 Å². The molecule has 1 N–H and O–H groups in total. The summed E-state index contributed by atoms with van der Waals surface area (Å²) in [6.07, 6.45) is 3.28. The standard InChI is InChI=1S/C19H16FN5/c1-13-4-2-3-5-17(13)25-19-16(11-24-25)18(22-12-23-19)21-10-14-6-8-15(20)9-7-14/h2-9,11-12H,10H2,1H3,(H,21,22,23). The van der Waals surface area contributed by atoms with Gasteiger partial charge in [0.15, 0.2) is 5.65 Å². The summed E-state index contributed by atoms with van der Waals surface area (Å²) in [5, 5.41) is 8.59. The Morgan fingerprint density at radius 1 is 1.04 bits per heavy atom. The van der Waals surface area contributed by atoms with Gasteiger partial charge in [0.05, 0.1) is 17.3 Å². The molecule has 0 atom stereocenters. The number of fused-ring (bicyclic) bond motifs is 1. The van der Waals surface area contributed by atoms with E-state index < -0.39 is 0 Å². The fourth-order valence-corrected chi connectivity index (χ4v) is 2.75. The van der Waals surface area contributed by atoms with Gasteiger partial charge in [-0.15, -0.1) is 0 Å². The largest absolute Gasteiger partial charge is 0.365 e. The number of para-hydroxylation sites is 1. The number of aryl methyl sites for hydroxylation is 1. The quantitative estimate of drug-likeness (QED) is 0.616. The van der Waals surface area contributed by atoms with E-state index in [0.29, 0.717) is 12.4 Å². The molecule has 2 aromatic carbocycles. The van der Waals surface area contributed by atoms with Gasteiger partial charge >= 0.3 is 0 Å². The van der Waals surface area contributed by atoms with E-state index in [4.69, 9.17) is 0 Å². The first-order valence-corrected chi connectivity index (χ1v) is 7.95. The van der Waals surface area contributed by atoms with Gasteiger partial charge in [0.2, 0.25) is 0 Å². The van der Waals surface area contributed by atoms with Gasteiger partial charge < -0.3 is 5.32 Å². The zero-order chi connectivity index (χ0) is 17.2. The molecule has 0 aliphatic heterocycles. The van der Waals surface area contributed by atoms with E-state index in [2.05, 4.69) is 20.4 Å². The van der Waals surface area contributed by atoms with E-state index in [-0.39, 0.29) is 5.82 Å². The van der Waals surface area contributed by atoms with E-state index in [9.17, 15) is 4.39 Å². The highest BCUT2D eigenvalue weighted by Gasteiger charge is 2.12. The van der Waals surface area contributed by atoms with Crippen LogP contribution in [0.3, 0.4) is 0 Å². The van der Waals surface area contributed by atoms with Crippen molar-refractivity contribution in [1.29, 1.82) is 0 Å². The minimum Gasteiger partial charge on any atom is -0.365 e. The predicted octanol–water partition coefficient (Wildman–Crippen LogP) is 3.88.